The molecule has 0 aromatic rings. The Hall–Kier alpha value is -0.300. The summed E-state index contributed by atoms with van der Waals surface area (Å²) in [4.78, 5) is 0. The predicted molar refractivity (Wildman–Crippen MR) is 40.1 cm³/mol. The van der Waals surface area contributed by atoms with Gasteiger partial charge in [-0.2, -0.15) is 0 Å². The van der Waals surface area contributed by atoms with Crippen molar-refractivity contribution in [3.63, 3.8) is 0 Å². The third-order valence-electron chi connectivity index (χ3n) is 2.14. The highest BCUT2D eigenvalue weighted by Gasteiger charge is 2.29. The van der Waals surface area contributed by atoms with E-state index in [1.54, 1.807) is 0 Å². The van der Waals surface area contributed by atoms with Gasteiger partial charge >= 0.3 is 0 Å². The number of rotatable bonds is 2. The second-order valence-electron chi connectivity index (χ2n) is 2.92. The average molecular weight is 125 g/mol. The number of nitrogens with two attached hydrogens (primary N) is 1. The lowest BCUT2D eigenvalue weighted by Crippen LogP contribution is -2.41. The summed E-state index contributed by atoms with van der Waals surface area (Å²) in [6.45, 7) is 6.12. The van der Waals surface area contributed by atoms with Crippen LogP contribution in [0.1, 0.15) is 26.2 Å². The van der Waals surface area contributed by atoms with Crippen molar-refractivity contribution in [2.75, 3.05) is 0 Å². The molecule has 9 heavy (non-hydrogen) atoms. The van der Waals surface area contributed by atoms with Gasteiger partial charge < -0.3 is 5.73 Å². The van der Waals surface area contributed by atoms with E-state index in [1.807, 2.05) is 0 Å². The van der Waals surface area contributed by atoms with E-state index in [1.165, 1.54) is 18.4 Å². The maximum absolute atomic E-state index is 5.74. The quantitative estimate of drug-likeness (QED) is 0.558. The first-order valence-electron chi connectivity index (χ1n) is 3.69. The van der Waals surface area contributed by atoms with Gasteiger partial charge in [-0.15, -0.1) is 0 Å². The van der Waals surface area contributed by atoms with E-state index in [4.69, 9.17) is 5.73 Å². The monoisotopic (exact) mass is 125 g/mol. The molecule has 2 unspecified atom stereocenters. The molecule has 1 saturated carbocycles. The first-order chi connectivity index (χ1) is 4.25. The van der Waals surface area contributed by atoms with E-state index in [2.05, 4.69) is 13.5 Å². The molecule has 2 atom stereocenters. The van der Waals surface area contributed by atoms with Crippen LogP contribution in [-0.4, -0.2) is 6.04 Å². The van der Waals surface area contributed by atoms with Gasteiger partial charge in [0.25, 0.3) is 0 Å². The van der Waals surface area contributed by atoms with Crippen LogP contribution in [0.3, 0.4) is 0 Å². The normalized spacial score (nSPS) is 34.2. The Morgan fingerprint density at radius 2 is 2.44 bits per heavy atom. The largest absolute Gasteiger partial charge is 0.327 e. The van der Waals surface area contributed by atoms with Crippen molar-refractivity contribution in [3.05, 3.63) is 12.2 Å². The van der Waals surface area contributed by atoms with Crippen molar-refractivity contribution in [2.45, 2.75) is 32.2 Å². The van der Waals surface area contributed by atoms with Crippen LogP contribution >= 0.6 is 0 Å². The summed E-state index contributed by atoms with van der Waals surface area (Å²) >= 11 is 0. The first kappa shape index (κ1) is 6.81. The van der Waals surface area contributed by atoms with Crippen LogP contribution in [-0.2, 0) is 0 Å². The van der Waals surface area contributed by atoms with Crippen LogP contribution in [0.2, 0.25) is 0 Å². The third-order valence-corrected chi connectivity index (χ3v) is 2.14. The van der Waals surface area contributed by atoms with Crippen molar-refractivity contribution in [1.29, 1.82) is 0 Å². The second kappa shape index (κ2) is 2.53. The fraction of sp³-hybridized carbons (Fsp3) is 0.750. The van der Waals surface area contributed by atoms with Gasteiger partial charge in [-0.05, 0) is 18.8 Å². The SMILES string of the molecule is C=C1CC(N)C1CCC. The molecule has 1 rings (SSSR count). The third kappa shape index (κ3) is 1.16. The molecule has 0 radical (unpaired) electrons. The molecule has 0 bridgehead atoms. The Kier molecular flexibility index (Phi) is 1.91. The summed E-state index contributed by atoms with van der Waals surface area (Å²) < 4.78 is 0. The van der Waals surface area contributed by atoms with E-state index in [0.29, 0.717) is 12.0 Å². The van der Waals surface area contributed by atoms with Crippen molar-refractivity contribution in [3.8, 4) is 0 Å². The molecule has 52 valence electrons. The minimum Gasteiger partial charge on any atom is -0.327 e. The molecule has 0 saturated heterocycles. The molecule has 0 aromatic carbocycles. The molecular formula is C8H15N. The van der Waals surface area contributed by atoms with E-state index in [-0.39, 0.29) is 0 Å². The van der Waals surface area contributed by atoms with Crippen LogP contribution < -0.4 is 5.73 Å². The molecule has 0 heterocycles. The highest BCUT2D eigenvalue weighted by molar-refractivity contribution is 5.16. The zero-order valence-corrected chi connectivity index (χ0v) is 6.06. The number of hydrogen-bond acceptors (Lipinski definition) is 1. The van der Waals surface area contributed by atoms with E-state index < -0.39 is 0 Å². The average Bonchev–Trinajstić information content (AvgIpc) is 1.84. The molecule has 1 fully saturated rings. The van der Waals surface area contributed by atoms with Crippen LogP contribution in [0.15, 0.2) is 12.2 Å². The highest BCUT2D eigenvalue weighted by atomic mass is 14.7. The first-order valence-corrected chi connectivity index (χ1v) is 3.69. The summed E-state index contributed by atoms with van der Waals surface area (Å²) in [6.07, 6.45) is 3.53. The Balaban J connectivity index is 2.30. The predicted octanol–water partition coefficient (Wildman–Crippen LogP) is 1.69. The van der Waals surface area contributed by atoms with Crippen molar-refractivity contribution in [2.24, 2.45) is 11.7 Å². The fourth-order valence-electron chi connectivity index (χ4n) is 1.47. The smallest absolute Gasteiger partial charge is 0.0142 e. The Labute approximate surface area is 56.9 Å². The van der Waals surface area contributed by atoms with Gasteiger partial charge in [0.05, 0.1) is 0 Å². The lowest BCUT2D eigenvalue weighted by atomic mass is 9.73. The van der Waals surface area contributed by atoms with Gasteiger partial charge in [0.2, 0.25) is 0 Å². The topological polar surface area (TPSA) is 26.0 Å². The zero-order chi connectivity index (χ0) is 6.85. The highest BCUT2D eigenvalue weighted by Crippen LogP contribution is 2.34. The van der Waals surface area contributed by atoms with Crippen LogP contribution in [0.25, 0.3) is 0 Å². The van der Waals surface area contributed by atoms with Crippen molar-refractivity contribution in [1.82, 2.24) is 0 Å². The van der Waals surface area contributed by atoms with Crippen molar-refractivity contribution < 1.29 is 0 Å². The van der Waals surface area contributed by atoms with Gasteiger partial charge in [0.1, 0.15) is 0 Å². The summed E-state index contributed by atoms with van der Waals surface area (Å²) in [5, 5.41) is 0. The standard InChI is InChI=1S/C8H15N/c1-3-4-7-6(2)5-8(7)9/h7-8H,2-5,9H2,1H3. The Morgan fingerprint density at radius 1 is 1.78 bits per heavy atom. The lowest BCUT2D eigenvalue weighted by Gasteiger charge is -2.36. The molecule has 0 amide bonds. The molecule has 0 spiro atoms. The van der Waals surface area contributed by atoms with Gasteiger partial charge in [-0.1, -0.05) is 25.5 Å². The zero-order valence-electron chi connectivity index (χ0n) is 6.06. The molecule has 1 nitrogen and oxygen atoms in total. The Morgan fingerprint density at radius 3 is 2.67 bits per heavy atom. The number of hydrogen-bond donors (Lipinski definition) is 1. The van der Waals surface area contributed by atoms with E-state index in [0.717, 1.165) is 6.42 Å². The van der Waals surface area contributed by atoms with Gasteiger partial charge in [0, 0.05) is 6.04 Å². The van der Waals surface area contributed by atoms with Gasteiger partial charge in [0.15, 0.2) is 0 Å². The van der Waals surface area contributed by atoms with Crippen LogP contribution in [0.4, 0.5) is 0 Å². The summed E-state index contributed by atoms with van der Waals surface area (Å²) in [6, 6.07) is 0.428. The minimum absolute atomic E-state index is 0.428. The van der Waals surface area contributed by atoms with Gasteiger partial charge in [-0.25, -0.2) is 0 Å². The molecule has 0 aliphatic heterocycles. The molecule has 1 aliphatic carbocycles. The Bertz CT molecular complexity index is 118. The summed E-state index contributed by atoms with van der Waals surface area (Å²) in [7, 11) is 0. The van der Waals surface area contributed by atoms with Crippen molar-refractivity contribution >= 4 is 0 Å². The maximum atomic E-state index is 5.74. The minimum atomic E-state index is 0.428. The second-order valence-corrected chi connectivity index (χ2v) is 2.92. The molecule has 0 aromatic heterocycles. The summed E-state index contributed by atoms with van der Waals surface area (Å²) in [5.74, 6) is 0.648. The molecular weight excluding hydrogens is 110 g/mol. The van der Waals surface area contributed by atoms with Gasteiger partial charge in [-0.3, -0.25) is 0 Å². The molecule has 1 aliphatic rings. The fourth-order valence-corrected chi connectivity index (χ4v) is 1.47. The van der Waals surface area contributed by atoms with E-state index >= 15 is 0 Å². The van der Waals surface area contributed by atoms with E-state index in [9.17, 15) is 0 Å². The lowest BCUT2D eigenvalue weighted by molar-refractivity contribution is 0.345. The molecule has 1 heteroatoms. The maximum Gasteiger partial charge on any atom is 0.0142 e. The summed E-state index contributed by atoms with van der Waals surface area (Å²) in [5.41, 5.74) is 7.10. The molecule has 2 N–H and O–H groups in total. The van der Waals surface area contributed by atoms with Crippen LogP contribution in [0.5, 0.6) is 0 Å². The van der Waals surface area contributed by atoms with Crippen LogP contribution in [0, 0.1) is 5.92 Å².